The number of hydrogen-bond donors (Lipinski definition) is 0. The fourth-order valence-electron chi connectivity index (χ4n) is 3.52. The summed E-state index contributed by atoms with van der Waals surface area (Å²) in [7, 11) is 3.23. The summed E-state index contributed by atoms with van der Waals surface area (Å²) in [5, 5.41) is 0. The molecule has 0 atom stereocenters. The molecule has 0 amide bonds. The molecule has 4 aromatic rings. The molecule has 3 aromatic carbocycles. The topological polar surface area (TPSA) is 53.4 Å². The number of imidazole rings is 1. The molecule has 5 nitrogen and oxygen atoms in total. The Morgan fingerprint density at radius 3 is 2.27 bits per heavy atom. The summed E-state index contributed by atoms with van der Waals surface area (Å²) in [6.07, 6.45) is 3.64. The molecule has 0 spiro atoms. The van der Waals surface area contributed by atoms with E-state index in [0.29, 0.717) is 16.9 Å². The van der Waals surface area contributed by atoms with Gasteiger partial charge in [0.15, 0.2) is 5.78 Å². The number of benzene rings is 3. The van der Waals surface area contributed by atoms with Crippen LogP contribution in [0.1, 0.15) is 21.6 Å². The largest absolute Gasteiger partial charge is 0.496 e. The van der Waals surface area contributed by atoms with Crippen LogP contribution in [-0.4, -0.2) is 29.6 Å². The number of methoxy groups -OCH3 is 2. The number of rotatable bonds is 6. The van der Waals surface area contributed by atoms with Crippen LogP contribution in [0.15, 0.2) is 79.3 Å². The summed E-state index contributed by atoms with van der Waals surface area (Å²) in [5.41, 5.74) is 4.59. The van der Waals surface area contributed by atoms with Gasteiger partial charge in [-0.05, 0) is 36.8 Å². The summed E-state index contributed by atoms with van der Waals surface area (Å²) >= 11 is 0. The molecule has 4 rings (SSSR count). The Kier molecular flexibility index (Phi) is 5.35. The summed E-state index contributed by atoms with van der Waals surface area (Å²) in [6, 6.07) is 20.7. The Hall–Kier alpha value is -3.86. The van der Waals surface area contributed by atoms with Crippen LogP contribution in [0.25, 0.3) is 16.8 Å². The van der Waals surface area contributed by atoms with Gasteiger partial charge in [0, 0.05) is 22.9 Å². The van der Waals surface area contributed by atoms with E-state index in [1.54, 1.807) is 26.6 Å². The van der Waals surface area contributed by atoms with E-state index >= 15 is 0 Å². The Balaban J connectivity index is 1.78. The highest BCUT2D eigenvalue weighted by molar-refractivity contribution is 6.13. The van der Waals surface area contributed by atoms with Gasteiger partial charge in [-0.3, -0.25) is 4.79 Å². The lowest BCUT2D eigenvalue weighted by molar-refractivity contribution is 0.103. The molecule has 0 bridgehead atoms. The van der Waals surface area contributed by atoms with Gasteiger partial charge in [-0.1, -0.05) is 42.5 Å². The number of aromatic nitrogens is 2. The molecular formula is C25H22N2O3. The lowest BCUT2D eigenvalue weighted by Crippen LogP contribution is -2.06. The third kappa shape index (κ3) is 3.57. The highest BCUT2D eigenvalue weighted by Crippen LogP contribution is 2.34. The third-order valence-electron chi connectivity index (χ3n) is 5.00. The molecule has 0 radical (unpaired) electrons. The van der Waals surface area contributed by atoms with Crippen molar-refractivity contribution in [3.63, 3.8) is 0 Å². The van der Waals surface area contributed by atoms with Gasteiger partial charge in [0.2, 0.25) is 0 Å². The number of para-hydroxylation sites is 1. The zero-order valence-corrected chi connectivity index (χ0v) is 17.1. The number of ether oxygens (including phenoxy) is 2. The van der Waals surface area contributed by atoms with Gasteiger partial charge >= 0.3 is 0 Å². The summed E-state index contributed by atoms with van der Waals surface area (Å²) in [4.78, 5) is 17.7. The molecular weight excluding hydrogens is 376 g/mol. The normalized spacial score (nSPS) is 10.6. The van der Waals surface area contributed by atoms with Crippen molar-refractivity contribution in [3.05, 3.63) is 96.1 Å². The van der Waals surface area contributed by atoms with E-state index in [1.165, 1.54) is 0 Å². The van der Waals surface area contributed by atoms with Crippen LogP contribution < -0.4 is 9.47 Å². The van der Waals surface area contributed by atoms with Gasteiger partial charge in [-0.15, -0.1) is 0 Å². The highest BCUT2D eigenvalue weighted by atomic mass is 16.5. The zero-order chi connectivity index (χ0) is 21.1. The second kappa shape index (κ2) is 8.25. The minimum atomic E-state index is -0.0804. The van der Waals surface area contributed by atoms with E-state index in [0.717, 1.165) is 28.3 Å². The van der Waals surface area contributed by atoms with Crippen molar-refractivity contribution in [3.8, 4) is 28.3 Å². The van der Waals surface area contributed by atoms with Crippen LogP contribution in [0.5, 0.6) is 11.5 Å². The molecule has 30 heavy (non-hydrogen) atoms. The van der Waals surface area contributed by atoms with Crippen molar-refractivity contribution in [2.24, 2.45) is 0 Å². The molecule has 0 saturated carbocycles. The quantitative estimate of drug-likeness (QED) is 0.424. The number of hydrogen-bond acceptors (Lipinski definition) is 4. The highest BCUT2D eigenvalue weighted by Gasteiger charge is 2.18. The molecule has 5 heteroatoms. The zero-order valence-electron chi connectivity index (χ0n) is 17.1. The van der Waals surface area contributed by atoms with Crippen molar-refractivity contribution in [2.75, 3.05) is 14.2 Å². The lowest BCUT2D eigenvalue weighted by Gasteiger charge is -2.14. The van der Waals surface area contributed by atoms with E-state index in [4.69, 9.17) is 9.47 Å². The van der Waals surface area contributed by atoms with Crippen molar-refractivity contribution in [2.45, 2.75) is 6.92 Å². The Bertz CT molecular complexity index is 1210. The molecule has 0 fully saturated rings. The fourth-order valence-corrected chi connectivity index (χ4v) is 3.52. The molecule has 0 saturated heterocycles. The number of nitrogens with zero attached hydrogens (tertiary/aromatic N) is 2. The van der Waals surface area contributed by atoms with Crippen LogP contribution in [0.4, 0.5) is 0 Å². The smallest absolute Gasteiger partial charge is 0.193 e. The molecule has 0 aliphatic rings. The summed E-state index contributed by atoms with van der Waals surface area (Å²) in [6.45, 7) is 1.93. The van der Waals surface area contributed by atoms with E-state index < -0.39 is 0 Å². The van der Waals surface area contributed by atoms with E-state index in [9.17, 15) is 4.79 Å². The summed E-state index contributed by atoms with van der Waals surface area (Å²) < 4.78 is 12.9. The maximum atomic E-state index is 13.4. The van der Waals surface area contributed by atoms with Crippen LogP contribution in [0, 0.1) is 6.92 Å². The molecule has 150 valence electrons. The van der Waals surface area contributed by atoms with Crippen LogP contribution in [-0.2, 0) is 0 Å². The molecule has 1 heterocycles. The molecule has 0 unspecified atom stereocenters. The van der Waals surface area contributed by atoms with Crippen molar-refractivity contribution in [1.82, 2.24) is 9.55 Å². The SMILES string of the molecule is COc1ccccc1-c1ccccc1C(=O)c1ccc(-n2cnc(C)c2)c(OC)c1. The average Bonchev–Trinajstić information content (AvgIpc) is 3.24. The first-order chi connectivity index (χ1) is 14.6. The predicted molar refractivity (Wildman–Crippen MR) is 117 cm³/mol. The molecule has 1 aromatic heterocycles. The number of ketones is 1. The second-order valence-electron chi connectivity index (χ2n) is 6.88. The first kappa shape index (κ1) is 19.5. The monoisotopic (exact) mass is 398 g/mol. The molecule has 0 aliphatic carbocycles. The maximum Gasteiger partial charge on any atom is 0.193 e. The Morgan fingerprint density at radius 1 is 0.867 bits per heavy atom. The number of aryl methyl sites for hydroxylation is 1. The predicted octanol–water partition coefficient (Wildman–Crippen LogP) is 5.10. The van der Waals surface area contributed by atoms with Crippen LogP contribution >= 0.6 is 0 Å². The summed E-state index contributed by atoms with van der Waals surface area (Å²) in [5.74, 6) is 1.25. The maximum absolute atomic E-state index is 13.4. The van der Waals surface area contributed by atoms with Crippen LogP contribution in [0.3, 0.4) is 0 Å². The van der Waals surface area contributed by atoms with Crippen LogP contribution in [0.2, 0.25) is 0 Å². The van der Waals surface area contributed by atoms with Gasteiger partial charge in [0.1, 0.15) is 11.5 Å². The third-order valence-corrected chi connectivity index (χ3v) is 5.00. The second-order valence-corrected chi connectivity index (χ2v) is 6.88. The van der Waals surface area contributed by atoms with E-state index in [2.05, 4.69) is 4.98 Å². The average molecular weight is 398 g/mol. The van der Waals surface area contributed by atoms with Gasteiger partial charge in [-0.25, -0.2) is 4.98 Å². The van der Waals surface area contributed by atoms with Gasteiger partial charge < -0.3 is 14.0 Å². The minimum Gasteiger partial charge on any atom is -0.496 e. The minimum absolute atomic E-state index is 0.0804. The first-order valence-corrected chi connectivity index (χ1v) is 9.58. The van der Waals surface area contributed by atoms with E-state index in [-0.39, 0.29) is 5.78 Å². The molecule has 0 aliphatic heterocycles. The van der Waals surface area contributed by atoms with Gasteiger partial charge in [0.25, 0.3) is 0 Å². The number of carbonyl (C=O) groups excluding carboxylic acids is 1. The lowest BCUT2D eigenvalue weighted by atomic mass is 9.93. The standard InChI is InChI=1S/C25H22N2O3/c1-17-15-27(16-26-17)22-13-12-18(14-24(22)30-3)25(28)21-10-5-4-8-19(21)20-9-6-7-11-23(20)29-2/h4-16H,1-3H3. The van der Waals surface area contributed by atoms with Gasteiger partial charge in [0.05, 0.1) is 31.9 Å². The fraction of sp³-hybridized carbons (Fsp3) is 0.120. The van der Waals surface area contributed by atoms with Crippen molar-refractivity contribution >= 4 is 5.78 Å². The first-order valence-electron chi connectivity index (χ1n) is 9.58. The van der Waals surface area contributed by atoms with Crippen molar-refractivity contribution in [1.29, 1.82) is 0 Å². The van der Waals surface area contributed by atoms with Crippen molar-refractivity contribution < 1.29 is 14.3 Å². The number of carbonyl (C=O) groups is 1. The molecule has 0 N–H and O–H groups in total. The van der Waals surface area contributed by atoms with E-state index in [1.807, 2.05) is 78.4 Å². The van der Waals surface area contributed by atoms with Gasteiger partial charge in [-0.2, -0.15) is 0 Å². The Labute approximate surface area is 175 Å². The Morgan fingerprint density at radius 2 is 1.57 bits per heavy atom.